The predicted molar refractivity (Wildman–Crippen MR) is 223 cm³/mol. The highest BCUT2D eigenvalue weighted by Gasteiger charge is 2.13. The maximum absolute atomic E-state index is 12.2. The van der Waals surface area contributed by atoms with Crippen LogP contribution in [-0.2, 0) is 14.3 Å². The van der Waals surface area contributed by atoms with E-state index in [0.717, 1.165) is 64.2 Å². The number of rotatable bonds is 41. The Hall–Kier alpha value is -1.65. The lowest BCUT2D eigenvalue weighted by molar-refractivity contribution is -0.154. The van der Waals surface area contributed by atoms with Crippen molar-refractivity contribution in [1.29, 1.82) is 0 Å². The highest BCUT2D eigenvalue weighted by Crippen LogP contribution is 2.16. The zero-order chi connectivity index (χ0) is 37.0. The molecule has 0 aromatic heterocycles. The summed E-state index contributed by atoms with van der Waals surface area (Å²) in [5.41, 5.74) is 0. The number of aliphatic hydroxyl groups is 1. The van der Waals surface area contributed by atoms with Crippen molar-refractivity contribution in [3.8, 4) is 0 Å². The van der Waals surface area contributed by atoms with Crippen LogP contribution in [0.2, 0.25) is 0 Å². The van der Waals surface area contributed by atoms with E-state index in [-0.39, 0.29) is 19.2 Å². The van der Waals surface area contributed by atoms with Crippen LogP contribution in [0.5, 0.6) is 0 Å². The van der Waals surface area contributed by atoms with Gasteiger partial charge >= 0.3 is 5.97 Å². The third kappa shape index (κ3) is 42.7. The van der Waals surface area contributed by atoms with Crippen molar-refractivity contribution < 1.29 is 19.4 Å². The molecule has 0 heterocycles. The summed E-state index contributed by atoms with van der Waals surface area (Å²) in [6.45, 7) is 5.19. The summed E-state index contributed by atoms with van der Waals surface area (Å²) in [6.07, 6.45) is 57.6. The first-order valence-electron chi connectivity index (χ1n) is 22.2. The van der Waals surface area contributed by atoms with Gasteiger partial charge in [-0.15, -0.1) is 0 Å². The molecule has 0 fully saturated rings. The molecule has 0 aliphatic rings. The highest BCUT2D eigenvalue weighted by atomic mass is 16.6. The molecular formula is C47H86O4. The van der Waals surface area contributed by atoms with Crippen LogP contribution < -0.4 is 0 Å². The maximum Gasteiger partial charge on any atom is 0.306 e. The van der Waals surface area contributed by atoms with Crippen LogP contribution in [0.25, 0.3) is 0 Å². The van der Waals surface area contributed by atoms with E-state index in [1.54, 1.807) is 0 Å². The van der Waals surface area contributed by atoms with Gasteiger partial charge in [-0.1, -0.05) is 210 Å². The van der Waals surface area contributed by atoms with Gasteiger partial charge in [0.1, 0.15) is 6.10 Å². The summed E-state index contributed by atoms with van der Waals surface area (Å²) in [5.74, 6) is -0.209. The van der Waals surface area contributed by atoms with Crippen molar-refractivity contribution in [3.63, 3.8) is 0 Å². The molecule has 0 spiro atoms. The van der Waals surface area contributed by atoms with E-state index in [4.69, 9.17) is 9.47 Å². The van der Waals surface area contributed by atoms with Gasteiger partial charge in [-0.05, 0) is 51.4 Å². The number of hydrogen-bond donors (Lipinski definition) is 1. The molecule has 0 saturated heterocycles. The van der Waals surface area contributed by atoms with Gasteiger partial charge in [-0.2, -0.15) is 0 Å². The lowest BCUT2D eigenvalue weighted by Crippen LogP contribution is -2.27. The molecule has 0 radical (unpaired) electrons. The van der Waals surface area contributed by atoms with Gasteiger partial charge in [0.25, 0.3) is 0 Å². The van der Waals surface area contributed by atoms with Crippen LogP contribution in [0.3, 0.4) is 0 Å². The van der Waals surface area contributed by atoms with Crippen LogP contribution in [-0.4, -0.2) is 37.0 Å². The minimum atomic E-state index is -0.550. The molecule has 298 valence electrons. The second kappa shape index (κ2) is 44.5. The van der Waals surface area contributed by atoms with Crippen LogP contribution in [0.1, 0.15) is 219 Å². The van der Waals surface area contributed by atoms with Crippen LogP contribution in [0.4, 0.5) is 0 Å². The number of carbonyl (C=O) groups excluding carboxylic acids is 1. The molecule has 0 saturated carbocycles. The van der Waals surface area contributed by atoms with Gasteiger partial charge in [0.15, 0.2) is 0 Å². The summed E-state index contributed by atoms with van der Waals surface area (Å²) >= 11 is 0. The Morgan fingerprint density at radius 3 is 1.31 bits per heavy atom. The van der Waals surface area contributed by atoms with E-state index in [9.17, 15) is 9.90 Å². The molecule has 51 heavy (non-hydrogen) atoms. The molecule has 4 nitrogen and oxygen atoms in total. The minimum Gasteiger partial charge on any atom is -0.457 e. The Morgan fingerprint density at radius 1 is 0.490 bits per heavy atom. The Bertz CT molecular complexity index is 798. The first-order valence-corrected chi connectivity index (χ1v) is 22.2. The predicted octanol–water partition coefficient (Wildman–Crippen LogP) is 14.7. The monoisotopic (exact) mass is 715 g/mol. The average Bonchev–Trinajstić information content (AvgIpc) is 3.14. The lowest BCUT2D eigenvalue weighted by atomic mass is 10.0. The zero-order valence-corrected chi connectivity index (χ0v) is 34.1. The summed E-state index contributed by atoms with van der Waals surface area (Å²) in [6, 6.07) is 0. The first-order chi connectivity index (χ1) is 25.2. The molecule has 0 aliphatic carbocycles. The molecule has 1 N–H and O–H groups in total. The average molecular weight is 715 g/mol. The molecule has 0 rings (SSSR count). The Morgan fingerprint density at radius 2 is 0.882 bits per heavy atom. The van der Waals surface area contributed by atoms with Crippen molar-refractivity contribution in [2.24, 2.45) is 0 Å². The third-order valence-electron chi connectivity index (χ3n) is 9.67. The number of carbonyl (C=O) groups is 1. The van der Waals surface area contributed by atoms with Crippen LogP contribution in [0.15, 0.2) is 48.6 Å². The number of ether oxygens (including phenoxy) is 2. The SMILES string of the molecule is CC/C=C\C/C=C\C/C=C\C/C=C\CCCCCOCC(CO)OC(=O)CCCCCCCCCCCCCCCCCCCCCCCCC. The normalized spacial score (nSPS) is 12.8. The Balaban J connectivity index is 3.43. The number of hydrogen-bond acceptors (Lipinski definition) is 4. The Labute approximate surface area is 318 Å². The van der Waals surface area contributed by atoms with E-state index in [0.29, 0.717) is 13.0 Å². The maximum atomic E-state index is 12.2. The van der Waals surface area contributed by atoms with Crippen molar-refractivity contribution >= 4 is 5.97 Å². The van der Waals surface area contributed by atoms with Gasteiger partial charge in [0.2, 0.25) is 0 Å². The first kappa shape index (κ1) is 49.4. The molecular weight excluding hydrogens is 629 g/mol. The quantitative estimate of drug-likeness (QED) is 0.0389. The summed E-state index contributed by atoms with van der Waals surface area (Å²) in [4.78, 5) is 12.2. The van der Waals surface area contributed by atoms with E-state index >= 15 is 0 Å². The van der Waals surface area contributed by atoms with E-state index < -0.39 is 6.10 Å². The molecule has 0 bridgehead atoms. The molecule has 1 unspecified atom stereocenters. The van der Waals surface area contributed by atoms with Crippen molar-refractivity contribution in [3.05, 3.63) is 48.6 Å². The summed E-state index contributed by atoms with van der Waals surface area (Å²) < 4.78 is 11.1. The Kier molecular flexibility index (Phi) is 43.1. The fourth-order valence-electron chi connectivity index (χ4n) is 6.38. The smallest absolute Gasteiger partial charge is 0.306 e. The summed E-state index contributed by atoms with van der Waals surface area (Å²) in [5, 5.41) is 9.60. The third-order valence-corrected chi connectivity index (χ3v) is 9.67. The number of unbranched alkanes of at least 4 members (excludes halogenated alkanes) is 25. The van der Waals surface area contributed by atoms with Crippen molar-refractivity contribution in [1.82, 2.24) is 0 Å². The van der Waals surface area contributed by atoms with Crippen molar-refractivity contribution in [2.75, 3.05) is 19.8 Å². The number of esters is 1. The second-order valence-corrected chi connectivity index (χ2v) is 14.7. The van der Waals surface area contributed by atoms with Gasteiger partial charge in [-0.3, -0.25) is 4.79 Å². The molecule has 0 aromatic rings. The highest BCUT2D eigenvalue weighted by molar-refractivity contribution is 5.69. The largest absolute Gasteiger partial charge is 0.457 e. The molecule has 1 atom stereocenters. The molecule has 0 aromatic carbocycles. The molecule has 0 aliphatic heterocycles. The van der Waals surface area contributed by atoms with Gasteiger partial charge in [0.05, 0.1) is 13.2 Å². The molecule has 0 amide bonds. The van der Waals surface area contributed by atoms with E-state index in [2.05, 4.69) is 62.5 Å². The van der Waals surface area contributed by atoms with E-state index in [1.165, 1.54) is 135 Å². The van der Waals surface area contributed by atoms with Crippen LogP contribution in [0, 0.1) is 0 Å². The number of aliphatic hydroxyl groups excluding tert-OH is 1. The van der Waals surface area contributed by atoms with E-state index in [1.807, 2.05) is 0 Å². The fraction of sp³-hybridized carbons (Fsp3) is 0.809. The summed E-state index contributed by atoms with van der Waals surface area (Å²) in [7, 11) is 0. The van der Waals surface area contributed by atoms with Crippen molar-refractivity contribution in [2.45, 2.75) is 225 Å². The van der Waals surface area contributed by atoms with Gasteiger partial charge in [-0.25, -0.2) is 0 Å². The topological polar surface area (TPSA) is 55.8 Å². The number of allylic oxidation sites excluding steroid dienone is 8. The molecule has 4 heteroatoms. The standard InChI is InChI=1S/C47H86O4/c1-3-5-7-9-11-13-15-17-19-21-22-23-24-25-26-27-28-30-32-34-36-38-40-42-47(49)51-46(44-48)45-50-43-41-39-37-35-33-31-29-20-18-16-14-12-10-8-6-4-2/h6,8,12,14,18,20,31,33,46,48H,3-5,7,9-11,13,15-17,19,21-30,32,34-45H2,1-2H3/b8-6-,14-12-,20-18-,33-31-. The van der Waals surface area contributed by atoms with Gasteiger partial charge in [0, 0.05) is 13.0 Å². The second-order valence-electron chi connectivity index (χ2n) is 14.7. The lowest BCUT2D eigenvalue weighted by Gasteiger charge is -2.15. The van der Waals surface area contributed by atoms with Crippen LogP contribution >= 0.6 is 0 Å². The zero-order valence-electron chi connectivity index (χ0n) is 34.1. The fourth-order valence-corrected chi connectivity index (χ4v) is 6.38. The minimum absolute atomic E-state index is 0.184. The van der Waals surface area contributed by atoms with Gasteiger partial charge < -0.3 is 14.6 Å².